The fourth-order valence-electron chi connectivity index (χ4n) is 4.59. The first-order valence-electron chi connectivity index (χ1n) is 11.4. The lowest BCUT2D eigenvalue weighted by molar-refractivity contribution is 0.0509. The summed E-state index contributed by atoms with van der Waals surface area (Å²) in [5.41, 5.74) is 5.64. The first-order valence-corrected chi connectivity index (χ1v) is 11.4. The van der Waals surface area contributed by atoms with E-state index in [1.807, 2.05) is 48.5 Å². The van der Waals surface area contributed by atoms with Crippen molar-refractivity contribution in [3.8, 4) is 0 Å². The predicted octanol–water partition coefficient (Wildman–Crippen LogP) is 7.37. The topological polar surface area (TPSA) is 26.3 Å². The van der Waals surface area contributed by atoms with Crippen LogP contribution in [0.5, 0.6) is 0 Å². The Kier molecular flexibility index (Phi) is 6.93. The smallest absolute Gasteiger partial charge is 0.338 e. The molecule has 0 aromatic heterocycles. The van der Waals surface area contributed by atoms with Crippen molar-refractivity contribution in [1.82, 2.24) is 0 Å². The van der Waals surface area contributed by atoms with Gasteiger partial charge in [0.1, 0.15) is 0 Å². The molecule has 32 heavy (non-hydrogen) atoms. The number of hydrogen-bond donors (Lipinski definition) is 0. The van der Waals surface area contributed by atoms with Crippen molar-refractivity contribution in [1.29, 1.82) is 0 Å². The molecule has 4 rings (SSSR count). The third-order valence-corrected chi connectivity index (χ3v) is 7.87. The van der Waals surface area contributed by atoms with E-state index in [0.29, 0.717) is 17.6 Å². The van der Waals surface area contributed by atoms with E-state index >= 15 is 0 Å². The summed E-state index contributed by atoms with van der Waals surface area (Å²) < 4.78 is 5.19. The van der Waals surface area contributed by atoms with Gasteiger partial charge in [-0.05, 0) is 45.1 Å². The van der Waals surface area contributed by atoms with Gasteiger partial charge in [0.05, 0.1) is 12.2 Å². The molecule has 0 fully saturated rings. The summed E-state index contributed by atoms with van der Waals surface area (Å²) in [6.45, 7) is 14.7. The highest BCUT2D eigenvalue weighted by atomic mass is 16.5. The van der Waals surface area contributed by atoms with Crippen LogP contribution in [0.4, 0.5) is 0 Å². The van der Waals surface area contributed by atoms with Crippen molar-refractivity contribution in [2.24, 2.45) is 5.41 Å². The molecule has 2 nitrogen and oxygen atoms in total. The van der Waals surface area contributed by atoms with Gasteiger partial charge in [-0.2, -0.15) is 0 Å². The predicted molar refractivity (Wildman–Crippen MR) is 133 cm³/mol. The van der Waals surface area contributed by atoms with E-state index in [1.165, 1.54) is 16.7 Å². The van der Waals surface area contributed by atoms with Crippen LogP contribution in [0.3, 0.4) is 0 Å². The number of rotatable bonds is 4. The van der Waals surface area contributed by atoms with Gasteiger partial charge >= 0.3 is 5.97 Å². The molecule has 0 atom stereocenters. The number of fused-ring (bicyclic) bond motifs is 1. The molecule has 0 saturated carbocycles. The summed E-state index contributed by atoms with van der Waals surface area (Å²) in [5.74, 6) is -0.262. The highest BCUT2D eigenvalue weighted by Gasteiger charge is 2.56. The average Bonchev–Trinajstić information content (AvgIpc) is 2.90. The van der Waals surface area contributed by atoms with Crippen molar-refractivity contribution < 1.29 is 9.53 Å². The average molecular weight is 429 g/mol. The highest BCUT2D eigenvalue weighted by molar-refractivity contribution is 5.89. The molecular weight excluding hydrogens is 392 g/mol. The Morgan fingerprint density at radius 2 is 1.09 bits per heavy atom. The molecule has 0 radical (unpaired) electrons. The van der Waals surface area contributed by atoms with Crippen molar-refractivity contribution in [2.45, 2.75) is 58.8 Å². The van der Waals surface area contributed by atoms with Crippen LogP contribution < -0.4 is 0 Å². The first-order chi connectivity index (χ1) is 15.1. The van der Waals surface area contributed by atoms with Crippen LogP contribution in [0.15, 0.2) is 84.9 Å². The number of ether oxygens (including phenoxy) is 1. The van der Waals surface area contributed by atoms with Crippen LogP contribution in [0, 0.1) is 5.41 Å². The molecule has 1 aliphatic carbocycles. The Labute approximate surface area is 193 Å². The lowest BCUT2D eigenvalue weighted by Gasteiger charge is -2.44. The van der Waals surface area contributed by atoms with Crippen molar-refractivity contribution in [2.75, 3.05) is 6.61 Å². The molecule has 0 heterocycles. The standard InChI is InChI=1S/C15H14O2.C15H22/c16-15(14-9-5-2-6-10-14)17-12-11-13-7-3-1-4-8-13;1-13(2)11-9-7-8-10-12(11)14(3,4)15(13,5)6/h1-10H,11-12H2;7-10H,1-6H3. The fourth-order valence-corrected chi connectivity index (χ4v) is 4.59. The van der Waals surface area contributed by atoms with E-state index in [1.54, 1.807) is 12.1 Å². The van der Waals surface area contributed by atoms with Crippen molar-refractivity contribution in [3.63, 3.8) is 0 Å². The third-order valence-electron chi connectivity index (χ3n) is 7.87. The van der Waals surface area contributed by atoms with Gasteiger partial charge in [0, 0.05) is 6.42 Å². The SMILES string of the molecule is CC1(C)c2ccccc2C(C)(C)C1(C)C.O=C(OCCc1ccccc1)c1ccccc1. The van der Waals surface area contributed by atoms with Crippen LogP contribution in [0.25, 0.3) is 0 Å². The third kappa shape index (κ3) is 4.50. The molecule has 0 saturated heterocycles. The zero-order valence-electron chi connectivity index (χ0n) is 20.3. The second-order valence-corrected chi connectivity index (χ2v) is 10.2. The molecule has 0 spiro atoms. The lowest BCUT2D eigenvalue weighted by Crippen LogP contribution is -2.42. The van der Waals surface area contributed by atoms with Crippen LogP contribution >= 0.6 is 0 Å². The largest absolute Gasteiger partial charge is 0.462 e. The quantitative estimate of drug-likeness (QED) is 0.406. The summed E-state index contributed by atoms with van der Waals surface area (Å²) >= 11 is 0. The van der Waals surface area contributed by atoms with E-state index in [-0.39, 0.29) is 16.8 Å². The maximum absolute atomic E-state index is 11.6. The number of esters is 1. The number of carbonyl (C=O) groups excluding carboxylic acids is 1. The molecule has 1 aliphatic rings. The molecular formula is C30H36O2. The second-order valence-electron chi connectivity index (χ2n) is 10.2. The van der Waals surface area contributed by atoms with Gasteiger partial charge in [-0.3, -0.25) is 0 Å². The monoisotopic (exact) mass is 428 g/mol. The molecule has 0 bridgehead atoms. The van der Waals surface area contributed by atoms with E-state index in [4.69, 9.17) is 4.74 Å². The zero-order chi connectivity index (χ0) is 23.4. The maximum Gasteiger partial charge on any atom is 0.338 e. The Hall–Kier alpha value is -2.87. The zero-order valence-corrected chi connectivity index (χ0v) is 20.3. The minimum atomic E-state index is -0.262. The van der Waals surface area contributed by atoms with Gasteiger partial charge in [0.25, 0.3) is 0 Å². The van der Waals surface area contributed by atoms with Crippen molar-refractivity contribution in [3.05, 3.63) is 107 Å². The summed E-state index contributed by atoms with van der Waals surface area (Å²) in [4.78, 5) is 11.6. The minimum Gasteiger partial charge on any atom is -0.462 e. The maximum atomic E-state index is 11.6. The van der Waals surface area contributed by atoms with Crippen molar-refractivity contribution >= 4 is 5.97 Å². The van der Waals surface area contributed by atoms with E-state index in [2.05, 4.69) is 65.8 Å². The molecule has 0 N–H and O–H groups in total. The van der Waals surface area contributed by atoms with E-state index in [9.17, 15) is 4.79 Å². The summed E-state index contributed by atoms with van der Waals surface area (Å²) in [5, 5.41) is 0. The first kappa shape index (κ1) is 23.8. The summed E-state index contributed by atoms with van der Waals surface area (Å²) in [7, 11) is 0. The van der Waals surface area contributed by atoms with Crippen LogP contribution in [-0.4, -0.2) is 12.6 Å². The Morgan fingerprint density at radius 3 is 1.59 bits per heavy atom. The van der Waals surface area contributed by atoms with Crippen LogP contribution in [0.1, 0.15) is 68.6 Å². The van der Waals surface area contributed by atoms with Crippen LogP contribution in [-0.2, 0) is 22.0 Å². The molecule has 3 aromatic rings. The van der Waals surface area contributed by atoms with Gasteiger partial charge < -0.3 is 4.74 Å². The van der Waals surface area contributed by atoms with Crippen LogP contribution in [0.2, 0.25) is 0 Å². The highest BCUT2D eigenvalue weighted by Crippen LogP contribution is 2.61. The minimum absolute atomic E-state index is 0.257. The van der Waals surface area contributed by atoms with Gasteiger partial charge in [-0.1, -0.05) is 114 Å². The second kappa shape index (κ2) is 9.32. The van der Waals surface area contributed by atoms with Gasteiger partial charge in [0.15, 0.2) is 0 Å². The number of carbonyl (C=O) groups is 1. The Morgan fingerprint density at radius 1 is 0.656 bits per heavy atom. The van der Waals surface area contributed by atoms with Gasteiger partial charge in [-0.15, -0.1) is 0 Å². The fraction of sp³-hybridized carbons (Fsp3) is 0.367. The molecule has 2 heteroatoms. The van der Waals surface area contributed by atoms with E-state index < -0.39 is 0 Å². The number of benzene rings is 3. The van der Waals surface area contributed by atoms with E-state index in [0.717, 1.165) is 6.42 Å². The lowest BCUT2D eigenvalue weighted by atomic mass is 9.59. The molecule has 0 amide bonds. The van der Waals surface area contributed by atoms with Gasteiger partial charge in [-0.25, -0.2) is 4.79 Å². The Balaban J connectivity index is 0.000000182. The Bertz CT molecular complexity index is 994. The molecule has 3 aromatic carbocycles. The molecule has 168 valence electrons. The molecule has 0 unspecified atom stereocenters. The van der Waals surface area contributed by atoms with Gasteiger partial charge in [0.2, 0.25) is 0 Å². The molecule has 0 aliphatic heterocycles. The number of hydrogen-bond acceptors (Lipinski definition) is 2. The summed E-state index contributed by atoms with van der Waals surface area (Å²) in [6.07, 6.45) is 0.749. The summed E-state index contributed by atoms with van der Waals surface area (Å²) in [6, 6.07) is 27.9. The normalized spacial score (nSPS) is 16.9.